The summed E-state index contributed by atoms with van der Waals surface area (Å²) >= 11 is 11.0. The van der Waals surface area contributed by atoms with Gasteiger partial charge in [-0.3, -0.25) is 4.79 Å². The molecule has 1 fully saturated rings. The molecule has 2 rings (SSSR count). The van der Waals surface area contributed by atoms with Crippen LogP contribution in [0.4, 0.5) is 0 Å². The Kier molecular flexibility index (Phi) is 4.35. The first-order valence-corrected chi connectivity index (χ1v) is 7.50. The molecule has 0 spiro atoms. The molecule has 108 valence electrons. The van der Waals surface area contributed by atoms with Gasteiger partial charge in [0, 0.05) is 12.1 Å². The quantitative estimate of drug-likeness (QED) is 0.868. The van der Waals surface area contributed by atoms with E-state index in [-0.39, 0.29) is 11.9 Å². The topological polar surface area (TPSA) is 46.3 Å². The number of hydrogen-bond donors (Lipinski definition) is 1. The Hall–Kier alpha value is -1.13. The molecular weight excluding hydrogens is 292 g/mol. The predicted octanol–water partition coefficient (Wildman–Crippen LogP) is 3.32. The number of hydrogen-bond acceptors (Lipinski definition) is 2. The van der Waals surface area contributed by atoms with Crippen LogP contribution in [0.15, 0.2) is 24.3 Å². The lowest BCUT2D eigenvalue weighted by atomic mass is 9.67. The molecule has 0 heterocycles. The summed E-state index contributed by atoms with van der Waals surface area (Å²) in [6.07, 6.45) is 2.53. The largest absolute Gasteiger partial charge is 0.392 e. The molecule has 5 heteroatoms. The number of benzene rings is 1. The van der Waals surface area contributed by atoms with E-state index < -0.39 is 5.41 Å². The van der Waals surface area contributed by atoms with Crippen molar-refractivity contribution in [1.29, 1.82) is 0 Å². The van der Waals surface area contributed by atoms with E-state index in [1.165, 1.54) is 0 Å². The second-order valence-electron chi connectivity index (χ2n) is 5.44. The van der Waals surface area contributed by atoms with Crippen LogP contribution in [0.2, 0.25) is 5.02 Å². The third-order valence-electron chi connectivity index (χ3n) is 4.34. The van der Waals surface area contributed by atoms with Crippen LogP contribution < -0.4 is 5.73 Å². The number of carbonyl (C=O) groups is 1. The lowest BCUT2D eigenvalue weighted by molar-refractivity contribution is -0.142. The Bertz CT molecular complexity index is 525. The minimum atomic E-state index is -0.620. The number of thiocarbonyl (C=S) groups is 1. The summed E-state index contributed by atoms with van der Waals surface area (Å²) in [6, 6.07) is 7.50. The summed E-state index contributed by atoms with van der Waals surface area (Å²) in [5.41, 5.74) is 6.22. The highest BCUT2D eigenvalue weighted by Gasteiger charge is 2.48. The van der Waals surface area contributed by atoms with E-state index in [1.807, 2.05) is 31.2 Å². The van der Waals surface area contributed by atoms with Crippen LogP contribution in [-0.4, -0.2) is 22.8 Å². The van der Waals surface area contributed by atoms with Gasteiger partial charge in [-0.2, -0.15) is 0 Å². The van der Waals surface area contributed by atoms with Crippen molar-refractivity contribution in [3.8, 4) is 0 Å². The van der Waals surface area contributed by atoms with E-state index >= 15 is 0 Å². The monoisotopic (exact) mass is 310 g/mol. The van der Waals surface area contributed by atoms with Crippen molar-refractivity contribution >= 4 is 34.7 Å². The molecule has 1 unspecified atom stereocenters. The average Bonchev–Trinajstić information content (AvgIpc) is 2.36. The summed E-state index contributed by atoms with van der Waals surface area (Å²) < 4.78 is 0. The Morgan fingerprint density at radius 2 is 1.95 bits per heavy atom. The van der Waals surface area contributed by atoms with Crippen molar-refractivity contribution in [3.05, 3.63) is 34.9 Å². The van der Waals surface area contributed by atoms with Crippen LogP contribution >= 0.6 is 23.8 Å². The molecule has 0 aliphatic heterocycles. The van der Waals surface area contributed by atoms with Gasteiger partial charge < -0.3 is 10.6 Å². The minimum absolute atomic E-state index is 0.0266. The van der Waals surface area contributed by atoms with Crippen molar-refractivity contribution in [3.63, 3.8) is 0 Å². The van der Waals surface area contributed by atoms with Gasteiger partial charge in [0.1, 0.15) is 0 Å². The molecule has 3 nitrogen and oxygen atoms in total. The van der Waals surface area contributed by atoms with Crippen molar-refractivity contribution in [2.45, 2.75) is 32.2 Å². The van der Waals surface area contributed by atoms with Crippen LogP contribution in [0.5, 0.6) is 0 Å². The highest BCUT2D eigenvalue weighted by atomic mass is 35.5. The normalized spacial score (nSPS) is 17.9. The minimum Gasteiger partial charge on any atom is -0.392 e. The van der Waals surface area contributed by atoms with Gasteiger partial charge >= 0.3 is 0 Å². The molecule has 1 aromatic rings. The SMILES string of the molecule is CC(c1ccc(Cl)cc1)N(C)C(=O)C1(C(N)=S)CCC1. The molecule has 1 amide bonds. The fourth-order valence-corrected chi connectivity index (χ4v) is 2.99. The Morgan fingerprint density at radius 3 is 2.35 bits per heavy atom. The highest BCUT2D eigenvalue weighted by molar-refractivity contribution is 7.80. The zero-order valence-electron chi connectivity index (χ0n) is 11.7. The summed E-state index contributed by atoms with van der Waals surface area (Å²) in [7, 11) is 1.81. The van der Waals surface area contributed by atoms with Crippen LogP contribution in [-0.2, 0) is 4.79 Å². The standard InChI is InChI=1S/C15H19ClN2OS/c1-10(11-4-6-12(16)7-5-11)18(2)14(19)15(13(17)20)8-3-9-15/h4-7,10H,3,8-9H2,1-2H3,(H2,17,20). The lowest BCUT2D eigenvalue weighted by Crippen LogP contribution is -2.53. The van der Waals surface area contributed by atoms with Crippen LogP contribution in [0.1, 0.15) is 37.8 Å². The number of carbonyl (C=O) groups excluding carboxylic acids is 1. The van der Waals surface area contributed by atoms with E-state index in [4.69, 9.17) is 29.6 Å². The first-order valence-electron chi connectivity index (χ1n) is 6.71. The second-order valence-corrected chi connectivity index (χ2v) is 6.32. The van der Waals surface area contributed by atoms with Crippen molar-refractivity contribution in [1.82, 2.24) is 4.90 Å². The van der Waals surface area contributed by atoms with Crippen molar-refractivity contribution in [2.75, 3.05) is 7.05 Å². The van der Waals surface area contributed by atoms with Crippen molar-refractivity contribution < 1.29 is 4.79 Å². The summed E-state index contributed by atoms with van der Waals surface area (Å²) in [6.45, 7) is 1.99. The zero-order chi connectivity index (χ0) is 14.9. The van der Waals surface area contributed by atoms with Gasteiger partial charge in [-0.05, 0) is 37.5 Å². The average molecular weight is 311 g/mol. The predicted molar refractivity (Wildman–Crippen MR) is 85.7 cm³/mol. The van der Waals surface area contributed by atoms with E-state index in [0.29, 0.717) is 10.0 Å². The van der Waals surface area contributed by atoms with Crippen LogP contribution in [0, 0.1) is 5.41 Å². The number of nitrogens with zero attached hydrogens (tertiary/aromatic N) is 1. The molecule has 1 aliphatic carbocycles. The molecule has 0 saturated heterocycles. The number of rotatable bonds is 4. The van der Waals surface area contributed by atoms with Gasteiger partial charge in [-0.1, -0.05) is 42.4 Å². The molecular formula is C15H19ClN2OS. The molecule has 1 atom stereocenters. The molecule has 0 aromatic heterocycles. The van der Waals surface area contributed by atoms with Crippen molar-refractivity contribution in [2.24, 2.45) is 11.1 Å². The first kappa shape index (κ1) is 15.3. The van der Waals surface area contributed by atoms with Gasteiger partial charge in [0.05, 0.1) is 16.4 Å². The Balaban J connectivity index is 2.18. The maximum atomic E-state index is 12.7. The van der Waals surface area contributed by atoms with Gasteiger partial charge in [0.15, 0.2) is 0 Å². The molecule has 2 N–H and O–H groups in total. The molecule has 1 saturated carbocycles. The number of nitrogens with two attached hydrogens (primary N) is 1. The van der Waals surface area contributed by atoms with E-state index in [2.05, 4.69) is 0 Å². The van der Waals surface area contributed by atoms with E-state index in [9.17, 15) is 4.79 Å². The third kappa shape index (κ3) is 2.54. The molecule has 0 bridgehead atoms. The summed E-state index contributed by atoms with van der Waals surface area (Å²) in [5.74, 6) is 0.0266. The smallest absolute Gasteiger partial charge is 0.235 e. The fourth-order valence-electron chi connectivity index (χ4n) is 2.57. The van der Waals surface area contributed by atoms with E-state index in [1.54, 1.807) is 11.9 Å². The van der Waals surface area contributed by atoms with Gasteiger partial charge in [-0.15, -0.1) is 0 Å². The Labute approximate surface area is 130 Å². The summed E-state index contributed by atoms with van der Waals surface area (Å²) in [5, 5.41) is 0.688. The lowest BCUT2D eigenvalue weighted by Gasteiger charge is -2.43. The summed E-state index contributed by atoms with van der Waals surface area (Å²) in [4.78, 5) is 14.8. The van der Waals surface area contributed by atoms with Crippen LogP contribution in [0.25, 0.3) is 0 Å². The van der Waals surface area contributed by atoms with Gasteiger partial charge in [-0.25, -0.2) is 0 Å². The Morgan fingerprint density at radius 1 is 1.40 bits per heavy atom. The fraction of sp³-hybridized carbons (Fsp3) is 0.467. The second kappa shape index (κ2) is 5.70. The maximum absolute atomic E-state index is 12.7. The third-order valence-corrected chi connectivity index (χ3v) is 4.98. The maximum Gasteiger partial charge on any atom is 0.235 e. The molecule has 0 radical (unpaired) electrons. The number of halogens is 1. The molecule has 1 aliphatic rings. The van der Waals surface area contributed by atoms with E-state index in [0.717, 1.165) is 24.8 Å². The zero-order valence-corrected chi connectivity index (χ0v) is 13.3. The number of amides is 1. The molecule has 20 heavy (non-hydrogen) atoms. The first-order chi connectivity index (χ1) is 9.38. The van der Waals surface area contributed by atoms with Gasteiger partial charge in [0.2, 0.25) is 5.91 Å². The highest BCUT2D eigenvalue weighted by Crippen LogP contribution is 2.43. The van der Waals surface area contributed by atoms with Gasteiger partial charge in [0.25, 0.3) is 0 Å². The van der Waals surface area contributed by atoms with Crippen LogP contribution in [0.3, 0.4) is 0 Å². The molecule has 1 aromatic carbocycles.